The third-order valence-electron chi connectivity index (χ3n) is 1.05. The summed E-state index contributed by atoms with van der Waals surface area (Å²) in [6, 6.07) is 3.59. The van der Waals surface area contributed by atoms with Crippen LogP contribution >= 0.6 is 21.4 Å². The molecule has 1 rings (SSSR count). The van der Waals surface area contributed by atoms with Gasteiger partial charge in [-0.25, -0.2) is 4.39 Å². The average Bonchev–Trinajstić information content (AvgIpc) is 2.03. The zero-order valence-electron chi connectivity index (χ0n) is 7.71. The fourth-order valence-electron chi connectivity index (χ4n) is 0.636. The highest BCUT2D eigenvalue weighted by molar-refractivity contribution is 8.31. The monoisotopic (exact) mass is 314 g/mol. The van der Waals surface area contributed by atoms with Gasteiger partial charge in [0.05, 0.1) is 0 Å². The number of benzene rings is 1. The van der Waals surface area contributed by atoms with Crippen LogP contribution in [0.25, 0.3) is 0 Å². The third kappa shape index (κ3) is 13.2. The van der Waals surface area contributed by atoms with Gasteiger partial charge in [-0.3, -0.25) is 0 Å². The molecule has 0 fully saturated rings. The summed E-state index contributed by atoms with van der Waals surface area (Å²) in [4.78, 5) is 0. The molecular formula is C7H4Cl2F4O3S. The number of hydrogen-bond acceptors (Lipinski definition) is 3. The maximum absolute atomic E-state index is 12.2. The zero-order chi connectivity index (χ0) is 13.7. The van der Waals surface area contributed by atoms with Crippen molar-refractivity contribution in [3.05, 3.63) is 30.1 Å². The molecule has 0 unspecified atom stereocenters. The van der Waals surface area contributed by atoms with Crippen LogP contribution in [-0.2, 0) is 8.26 Å². The Bertz CT molecular complexity index is 435. The smallest absolute Gasteiger partial charge is 0.406 e. The Morgan fingerprint density at radius 1 is 1.06 bits per heavy atom. The largest absolute Gasteiger partial charge is 0.573 e. The number of hydrogen-bond donors (Lipinski definition) is 0. The minimum atomic E-state index is -4.72. The maximum atomic E-state index is 12.2. The molecule has 0 saturated heterocycles. The molecule has 17 heavy (non-hydrogen) atoms. The van der Waals surface area contributed by atoms with Gasteiger partial charge >= 0.3 is 14.6 Å². The number of halogens is 6. The number of ether oxygens (including phenoxy) is 1. The Balaban J connectivity index is 0.000000437. The van der Waals surface area contributed by atoms with Crippen LogP contribution in [0.3, 0.4) is 0 Å². The van der Waals surface area contributed by atoms with Gasteiger partial charge < -0.3 is 4.74 Å². The van der Waals surface area contributed by atoms with Crippen molar-refractivity contribution in [3.63, 3.8) is 0 Å². The summed E-state index contributed by atoms with van der Waals surface area (Å²) in [5, 5.41) is 0. The molecule has 0 aliphatic rings. The summed E-state index contributed by atoms with van der Waals surface area (Å²) in [5.74, 6) is -1.03. The molecular weight excluding hydrogens is 311 g/mol. The summed E-state index contributed by atoms with van der Waals surface area (Å²) < 4.78 is 68.6. The highest BCUT2D eigenvalue weighted by Gasteiger charge is 2.30. The molecule has 0 aliphatic carbocycles. The van der Waals surface area contributed by atoms with E-state index < -0.39 is 26.2 Å². The molecule has 98 valence electrons. The number of rotatable bonds is 1. The van der Waals surface area contributed by atoms with Crippen LogP contribution in [0.5, 0.6) is 5.75 Å². The quantitative estimate of drug-likeness (QED) is 0.589. The van der Waals surface area contributed by atoms with Gasteiger partial charge in [-0.2, -0.15) is 8.42 Å². The first-order valence-corrected chi connectivity index (χ1v) is 6.76. The van der Waals surface area contributed by atoms with Crippen LogP contribution in [0.1, 0.15) is 0 Å². The van der Waals surface area contributed by atoms with Crippen LogP contribution in [0.2, 0.25) is 0 Å². The Morgan fingerprint density at radius 2 is 1.41 bits per heavy atom. The van der Waals surface area contributed by atoms with Gasteiger partial charge in [0.25, 0.3) is 0 Å². The van der Waals surface area contributed by atoms with Crippen molar-refractivity contribution < 1.29 is 30.7 Å². The summed E-state index contributed by atoms with van der Waals surface area (Å²) >= 11 is 0. The molecule has 0 saturated carbocycles. The van der Waals surface area contributed by atoms with E-state index in [4.69, 9.17) is 8.42 Å². The SMILES string of the molecule is Fc1ccc(OC(F)(F)F)cc1.O=S(=O)(Cl)Cl. The molecule has 0 N–H and O–H groups in total. The van der Waals surface area contributed by atoms with E-state index in [1.165, 1.54) is 0 Å². The highest BCUT2D eigenvalue weighted by Crippen LogP contribution is 2.22. The molecule has 0 heterocycles. The molecule has 0 radical (unpaired) electrons. The summed E-state index contributed by atoms with van der Waals surface area (Å²) in [6.07, 6.45) is -4.72. The lowest BCUT2D eigenvalue weighted by Crippen LogP contribution is -2.16. The first-order valence-electron chi connectivity index (χ1n) is 3.63. The maximum Gasteiger partial charge on any atom is 0.573 e. The van der Waals surface area contributed by atoms with Gasteiger partial charge in [-0.15, -0.1) is 13.2 Å². The first-order chi connectivity index (χ1) is 7.47. The highest BCUT2D eigenvalue weighted by atomic mass is 36.0. The third-order valence-corrected chi connectivity index (χ3v) is 1.05. The van der Waals surface area contributed by atoms with Crippen LogP contribution in [0.4, 0.5) is 17.6 Å². The second-order valence-electron chi connectivity index (χ2n) is 2.38. The Labute approximate surface area is 103 Å². The van der Waals surface area contributed by atoms with E-state index in [9.17, 15) is 17.6 Å². The molecule has 0 amide bonds. The zero-order valence-corrected chi connectivity index (χ0v) is 10.0. The van der Waals surface area contributed by atoms with Gasteiger partial charge in [-0.1, -0.05) is 0 Å². The minimum Gasteiger partial charge on any atom is -0.406 e. The van der Waals surface area contributed by atoms with Crippen molar-refractivity contribution in [2.24, 2.45) is 0 Å². The van der Waals surface area contributed by atoms with Crippen molar-refractivity contribution in [2.75, 3.05) is 0 Å². The molecule has 1 aromatic carbocycles. The molecule has 0 atom stereocenters. The van der Waals surface area contributed by atoms with Crippen LogP contribution in [0, 0.1) is 5.82 Å². The van der Waals surface area contributed by atoms with E-state index >= 15 is 0 Å². The van der Waals surface area contributed by atoms with Gasteiger partial charge in [0, 0.05) is 21.4 Å². The van der Waals surface area contributed by atoms with Crippen molar-refractivity contribution in [3.8, 4) is 5.75 Å². The predicted molar refractivity (Wildman–Crippen MR) is 53.7 cm³/mol. The van der Waals surface area contributed by atoms with Crippen molar-refractivity contribution in [2.45, 2.75) is 6.36 Å². The molecule has 0 aromatic heterocycles. The first kappa shape index (κ1) is 16.3. The summed E-state index contributed by atoms with van der Waals surface area (Å²) in [7, 11) is 4.81. The second kappa shape index (κ2) is 6.27. The van der Waals surface area contributed by atoms with E-state index in [0.717, 1.165) is 24.3 Å². The Morgan fingerprint density at radius 3 is 1.71 bits per heavy atom. The fraction of sp³-hybridized carbons (Fsp3) is 0.143. The number of alkyl halides is 3. The van der Waals surface area contributed by atoms with E-state index in [0.29, 0.717) is 0 Å². The van der Waals surface area contributed by atoms with E-state index in [2.05, 4.69) is 26.1 Å². The molecule has 0 aliphatic heterocycles. The minimum absolute atomic E-state index is 0.427. The van der Waals surface area contributed by atoms with E-state index in [-0.39, 0.29) is 0 Å². The molecule has 0 spiro atoms. The van der Waals surface area contributed by atoms with Crippen LogP contribution in [-0.4, -0.2) is 14.8 Å². The predicted octanol–water partition coefficient (Wildman–Crippen LogP) is 3.43. The lowest BCUT2D eigenvalue weighted by molar-refractivity contribution is -0.274. The van der Waals surface area contributed by atoms with Gasteiger partial charge in [-0.05, 0) is 24.3 Å². The lowest BCUT2D eigenvalue weighted by Gasteiger charge is -2.07. The Hall–Kier alpha value is -0.730. The summed E-state index contributed by atoms with van der Waals surface area (Å²) in [5.41, 5.74) is 0. The fourth-order valence-corrected chi connectivity index (χ4v) is 0.636. The lowest BCUT2D eigenvalue weighted by atomic mass is 10.3. The molecule has 1 aromatic rings. The average molecular weight is 315 g/mol. The van der Waals surface area contributed by atoms with Crippen LogP contribution in [0.15, 0.2) is 24.3 Å². The van der Waals surface area contributed by atoms with Gasteiger partial charge in [0.1, 0.15) is 11.6 Å². The van der Waals surface area contributed by atoms with Crippen molar-refractivity contribution in [1.82, 2.24) is 0 Å². The van der Waals surface area contributed by atoms with Crippen molar-refractivity contribution >= 4 is 29.6 Å². The van der Waals surface area contributed by atoms with Crippen molar-refractivity contribution in [1.29, 1.82) is 0 Å². The van der Waals surface area contributed by atoms with Crippen LogP contribution < -0.4 is 4.74 Å². The summed E-state index contributed by atoms with van der Waals surface area (Å²) in [6.45, 7) is 0. The standard InChI is InChI=1S/C7H4F4O.Cl2O2S/c8-5-1-3-6(4-2-5)12-7(9,10)11;1-5(2,3)4/h1-4H;. The molecule has 3 nitrogen and oxygen atoms in total. The normalized spacial score (nSPS) is 11.4. The Kier molecular flexibility index (Phi) is 6.00. The van der Waals surface area contributed by atoms with E-state index in [1.54, 1.807) is 0 Å². The molecule has 0 bridgehead atoms. The van der Waals surface area contributed by atoms with Gasteiger partial charge in [0.15, 0.2) is 0 Å². The molecule has 10 heteroatoms. The second-order valence-corrected chi connectivity index (χ2v) is 6.05. The van der Waals surface area contributed by atoms with E-state index in [1.807, 2.05) is 0 Å². The van der Waals surface area contributed by atoms with Gasteiger partial charge in [0.2, 0.25) is 0 Å². The topological polar surface area (TPSA) is 43.4 Å².